The maximum absolute atomic E-state index is 11.9. The van der Waals surface area contributed by atoms with Crippen molar-refractivity contribution < 1.29 is 14.3 Å². The fourth-order valence-electron chi connectivity index (χ4n) is 2.13. The number of hydrogen-bond donors (Lipinski definition) is 0. The first kappa shape index (κ1) is 16.6. The number of carbonyl (C=O) groups excluding carboxylic acids is 2. The van der Waals surface area contributed by atoms with E-state index in [1.807, 2.05) is 48.5 Å². The van der Waals surface area contributed by atoms with Crippen molar-refractivity contribution in [3.8, 4) is 5.75 Å². The third-order valence-corrected chi connectivity index (χ3v) is 4.85. The smallest absolute Gasteiger partial charge is 0.293 e. The van der Waals surface area contributed by atoms with Crippen LogP contribution in [0, 0.1) is 0 Å². The number of carbonyl (C=O) groups is 2. The summed E-state index contributed by atoms with van der Waals surface area (Å²) < 4.78 is 5.71. The Hall–Kier alpha value is -2.24. The van der Waals surface area contributed by atoms with Gasteiger partial charge in [-0.1, -0.05) is 41.9 Å². The van der Waals surface area contributed by atoms with Crippen molar-refractivity contribution in [3.05, 3.63) is 69.6 Å². The first-order chi connectivity index (χ1) is 11.5. The monoisotopic (exact) mass is 359 g/mol. The lowest BCUT2D eigenvalue weighted by molar-refractivity contribution is -0.121. The molecule has 2 amide bonds. The number of thioether (sulfide) groups is 1. The second-order valence-corrected chi connectivity index (χ2v) is 6.59. The first-order valence-corrected chi connectivity index (χ1v) is 8.42. The van der Waals surface area contributed by atoms with Crippen molar-refractivity contribution in [1.82, 2.24) is 4.90 Å². The van der Waals surface area contributed by atoms with Crippen LogP contribution in [0.5, 0.6) is 5.75 Å². The molecule has 0 spiro atoms. The van der Waals surface area contributed by atoms with Gasteiger partial charge in [0.25, 0.3) is 11.1 Å². The van der Waals surface area contributed by atoms with E-state index in [4.69, 9.17) is 16.3 Å². The summed E-state index contributed by atoms with van der Waals surface area (Å²) in [6.45, 7) is 0.383. The quantitative estimate of drug-likeness (QED) is 0.749. The zero-order valence-electron chi connectivity index (χ0n) is 12.9. The van der Waals surface area contributed by atoms with E-state index in [0.717, 1.165) is 27.8 Å². The van der Waals surface area contributed by atoms with Crippen LogP contribution in [0.3, 0.4) is 0 Å². The molecular formula is C18H14ClNO3S. The van der Waals surface area contributed by atoms with E-state index in [0.29, 0.717) is 22.3 Å². The maximum atomic E-state index is 11.9. The first-order valence-electron chi connectivity index (χ1n) is 7.22. The summed E-state index contributed by atoms with van der Waals surface area (Å²) in [6, 6.07) is 14.8. The number of imide groups is 1. The van der Waals surface area contributed by atoms with E-state index < -0.39 is 0 Å². The van der Waals surface area contributed by atoms with E-state index in [1.54, 1.807) is 6.08 Å². The number of hydrogen-bond acceptors (Lipinski definition) is 4. The number of rotatable bonds is 4. The summed E-state index contributed by atoms with van der Waals surface area (Å²) in [5.41, 5.74) is 1.75. The van der Waals surface area contributed by atoms with Crippen molar-refractivity contribution >= 4 is 40.6 Å². The Kier molecular flexibility index (Phi) is 4.92. The molecule has 0 bridgehead atoms. The van der Waals surface area contributed by atoms with Gasteiger partial charge in [-0.15, -0.1) is 0 Å². The molecule has 1 aliphatic heterocycles. The summed E-state index contributed by atoms with van der Waals surface area (Å²) in [5.74, 6) is 0.430. The summed E-state index contributed by atoms with van der Waals surface area (Å²) in [7, 11) is 1.48. The van der Waals surface area contributed by atoms with Crippen molar-refractivity contribution in [1.29, 1.82) is 0 Å². The van der Waals surface area contributed by atoms with E-state index in [1.165, 1.54) is 7.05 Å². The van der Waals surface area contributed by atoms with Crippen molar-refractivity contribution in [2.45, 2.75) is 6.61 Å². The van der Waals surface area contributed by atoms with E-state index in [2.05, 4.69) is 0 Å². The minimum atomic E-state index is -0.274. The summed E-state index contributed by atoms with van der Waals surface area (Å²) >= 11 is 7.04. The zero-order valence-corrected chi connectivity index (χ0v) is 14.4. The molecule has 4 nitrogen and oxygen atoms in total. The van der Waals surface area contributed by atoms with Crippen molar-refractivity contribution in [3.63, 3.8) is 0 Å². The van der Waals surface area contributed by atoms with Gasteiger partial charge in [-0.3, -0.25) is 14.5 Å². The molecule has 0 radical (unpaired) electrons. The maximum Gasteiger partial charge on any atom is 0.293 e. The molecule has 6 heteroatoms. The Morgan fingerprint density at radius 3 is 2.46 bits per heavy atom. The van der Waals surface area contributed by atoms with Crippen LogP contribution in [0.25, 0.3) is 6.08 Å². The number of amides is 2. The fraction of sp³-hybridized carbons (Fsp3) is 0.111. The van der Waals surface area contributed by atoms with Crippen LogP contribution in [0.4, 0.5) is 4.79 Å². The molecule has 1 saturated heterocycles. The van der Waals surface area contributed by atoms with Crippen molar-refractivity contribution in [2.75, 3.05) is 7.05 Å². The molecule has 0 unspecified atom stereocenters. The molecule has 2 aromatic rings. The van der Waals surface area contributed by atoms with Gasteiger partial charge in [0.05, 0.1) is 4.91 Å². The van der Waals surface area contributed by atoms with Crippen LogP contribution >= 0.6 is 23.4 Å². The van der Waals surface area contributed by atoms with Gasteiger partial charge in [0.1, 0.15) is 12.4 Å². The Labute approximate surface area is 149 Å². The molecule has 122 valence electrons. The van der Waals surface area contributed by atoms with E-state index in [9.17, 15) is 9.59 Å². The highest BCUT2D eigenvalue weighted by Gasteiger charge is 2.31. The largest absolute Gasteiger partial charge is 0.489 e. The summed E-state index contributed by atoms with van der Waals surface area (Å²) in [6.07, 6.45) is 1.70. The minimum Gasteiger partial charge on any atom is -0.489 e. The number of halogens is 1. The lowest BCUT2D eigenvalue weighted by Crippen LogP contribution is -2.22. The highest BCUT2D eigenvalue weighted by atomic mass is 35.5. The van der Waals surface area contributed by atoms with Gasteiger partial charge >= 0.3 is 0 Å². The van der Waals surface area contributed by atoms with Crippen molar-refractivity contribution in [2.24, 2.45) is 0 Å². The molecule has 0 aliphatic carbocycles. The number of nitrogens with zero attached hydrogens (tertiary/aromatic N) is 1. The zero-order chi connectivity index (χ0) is 17.1. The second-order valence-electron chi connectivity index (χ2n) is 5.19. The lowest BCUT2D eigenvalue weighted by Gasteiger charge is -2.08. The van der Waals surface area contributed by atoms with E-state index >= 15 is 0 Å². The summed E-state index contributed by atoms with van der Waals surface area (Å²) in [5, 5.41) is 0.412. The van der Waals surface area contributed by atoms with Gasteiger partial charge in [0.2, 0.25) is 0 Å². The Morgan fingerprint density at radius 2 is 1.83 bits per heavy atom. The van der Waals surface area contributed by atoms with Gasteiger partial charge in [-0.05, 0) is 41.6 Å². The second kappa shape index (κ2) is 7.11. The molecule has 24 heavy (non-hydrogen) atoms. The third-order valence-electron chi connectivity index (χ3n) is 3.52. The molecule has 1 aliphatic rings. The summed E-state index contributed by atoms with van der Waals surface area (Å²) in [4.78, 5) is 24.9. The van der Waals surface area contributed by atoms with Gasteiger partial charge in [-0.25, -0.2) is 0 Å². The van der Waals surface area contributed by atoms with Crippen LogP contribution in [-0.4, -0.2) is 23.1 Å². The average molecular weight is 360 g/mol. The molecule has 1 fully saturated rings. The van der Waals surface area contributed by atoms with Crippen LogP contribution in [0.15, 0.2) is 53.4 Å². The highest BCUT2D eigenvalue weighted by Crippen LogP contribution is 2.31. The normalized spacial score (nSPS) is 16.1. The number of ether oxygens (including phenoxy) is 1. The number of benzene rings is 2. The Balaban J connectivity index is 1.67. The molecule has 0 saturated carbocycles. The molecule has 2 aromatic carbocycles. The standard InChI is InChI=1S/C18H14ClNO3S/c1-20-17(21)16(24-18(20)22)10-12-6-8-14(9-7-12)23-11-13-4-2-3-5-15(13)19/h2-10H,11H2,1H3/b16-10-. The van der Waals surface area contributed by atoms with Gasteiger partial charge < -0.3 is 4.74 Å². The number of likely N-dealkylation sites (N-methyl/N-ethyl adjacent to an activating group) is 1. The Morgan fingerprint density at radius 1 is 1.12 bits per heavy atom. The molecule has 1 heterocycles. The van der Waals surface area contributed by atoms with Crippen LogP contribution in [-0.2, 0) is 11.4 Å². The van der Waals surface area contributed by atoms with Crippen LogP contribution < -0.4 is 4.74 Å². The SMILES string of the molecule is CN1C(=O)S/C(=C\c2ccc(OCc3ccccc3Cl)cc2)C1=O. The van der Waals surface area contributed by atoms with Gasteiger partial charge in [0.15, 0.2) is 0 Å². The van der Waals surface area contributed by atoms with Gasteiger partial charge in [0, 0.05) is 17.6 Å². The van der Waals surface area contributed by atoms with Crippen LogP contribution in [0.2, 0.25) is 5.02 Å². The molecule has 0 aromatic heterocycles. The molecular weight excluding hydrogens is 346 g/mol. The molecule has 0 N–H and O–H groups in total. The molecule has 0 atom stereocenters. The Bertz CT molecular complexity index is 817. The lowest BCUT2D eigenvalue weighted by atomic mass is 10.2. The minimum absolute atomic E-state index is 0.258. The topological polar surface area (TPSA) is 46.6 Å². The van der Waals surface area contributed by atoms with E-state index in [-0.39, 0.29) is 11.1 Å². The highest BCUT2D eigenvalue weighted by molar-refractivity contribution is 8.18. The van der Waals surface area contributed by atoms with Crippen LogP contribution in [0.1, 0.15) is 11.1 Å². The predicted molar refractivity (Wildman–Crippen MR) is 96.0 cm³/mol. The average Bonchev–Trinajstić information content (AvgIpc) is 2.82. The fourth-order valence-corrected chi connectivity index (χ4v) is 3.15. The molecule has 3 rings (SSSR count). The predicted octanol–water partition coefficient (Wildman–Crippen LogP) is 4.59. The third kappa shape index (κ3) is 3.63. The van der Waals surface area contributed by atoms with Gasteiger partial charge in [-0.2, -0.15) is 0 Å².